The number of aromatic nitrogens is 1. The lowest BCUT2D eigenvalue weighted by atomic mass is 10.1. The van der Waals surface area contributed by atoms with Crippen LogP contribution in [0.25, 0.3) is 0 Å². The number of aliphatic carboxylic acids is 1. The van der Waals surface area contributed by atoms with Gasteiger partial charge in [0.25, 0.3) is 5.56 Å². The summed E-state index contributed by atoms with van der Waals surface area (Å²) in [6, 6.07) is 13.9. The van der Waals surface area contributed by atoms with Crippen LogP contribution in [0.2, 0.25) is 0 Å². The summed E-state index contributed by atoms with van der Waals surface area (Å²) in [5, 5.41) is 20.4. The van der Waals surface area contributed by atoms with Crippen molar-refractivity contribution in [1.82, 2.24) is 4.57 Å². The average molecular weight is 286 g/mol. The van der Waals surface area contributed by atoms with Crippen LogP contribution >= 0.6 is 0 Å². The van der Waals surface area contributed by atoms with Crippen molar-refractivity contribution in [3.05, 3.63) is 70.1 Å². The Labute approximate surface area is 120 Å². The van der Waals surface area contributed by atoms with E-state index in [4.69, 9.17) is 10.3 Å². The van der Waals surface area contributed by atoms with Gasteiger partial charge < -0.3 is 14.9 Å². The van der Waals surface area contributed by atoms with Crippen molar-refractivity contribution in [1.29, 1.82) is 0 Å². The molecule has 0 spiro atoms. The van der Waals surface area contributed by atoms with Gasteiger partial charge in [-0.25, -0.2) is 4.79 Å². The number of pyridine rings is 1. The molecule has 1 heterocycles. The van der Waals surface area contributed by atoms with Gasteiger partial charge in [0.15, 0.2) is 5.71 Å². The van der Waals surface area contributed by atoms with Gasteiger partial charge in [0.05, 0.1) is 6.54 Å². The van der Waals surface area contributed by atoms with Gasteiger partial charge in [-0.15, -0.1) is 0 Å². The molecular weight excluding hydrogens is 272 g/mol. The summed E-state index contributed by atoms with van der Waals surface area (Å²) in [4.78, 5) is 22.9. The third-order valence-electron chi connectivity index (χ3n) is 3.04. The SMILES string of the molecule is O=C(O)C(Cc1cccc(=O)n1Cc1ccccc1)=NO. The maximum absolute atomic E-state index is 12.0. The van der Waals surface area contributed by atoms with E-state index in [-0.39, 0.29) is 12.0 Å². The Kier molecular flexibility index (Phi) is 4.50. The summed E-state index contributed by atoms with van der Waals surface area (Å²) in [5.74, 6) is -1.32. The van der Waals surface area contributed by atoms with Crippen LogP contribution in [-0.4, -0.2) is 26.6 Å². The number of carboxylic acid groups (broad SMARTS) is 1. The molecular formula is C15H14N2O4. The first-order valence-electron chi connectivity index (χ1n) is 6.28. The zero-order valence-electron chi connectivity index (χ0n) is 11.1. The summed E-state index contributed by atoms with van der Waals surface area (Å²) in [6.07, 6.45) is -0.130. The van der Waals surface area contributed by atoms with Crippen LogP contribution < -0.4 is 5.56 Å². The van der Waals surface area contributed by atoms with E-state index in [0.29, 0.717) is 12.2 Å². The van der Waals surface area contributed by atoms with Crippen LogP contribution in [0.4, 0.5) is 0 Å². The Morgan fingerprint density at radius 1 is 1.10 bits per heavy atom. The first kappa shape index (κ1) is 14.5. The number of hydrogen-bond donors (Lipinski definition) is 2. The van der Waals surface area contributed by atoms with E-state index in [0.717, 1.165) is 5.56 Å². The molecule has 2 rings (SSSR count). The van der Waals surface area contributed by atoms with Crippen LogP contribution in [0.3, 0.4) is 0 Å². The Morgan fingerprint density at radius 3 is 2.43 bits per heavy atom. The molecule has 0 aliphatic carbocycles. The Bertz CT molecular complexity index is 720. The molecule has 0 saturated heterocycles. The zero-order valence-corrected chi connectivity index (χ0v) is 11.1. The first-order valence-corrected chi connectivity index (χ1v) is 6.28. The van der Waals surface area contributed by atoms with Gasteiger partial charge in [-0.3, -0.25) is 4.79 Å². The predicted molar refractivity (Wildman–Crippen MR) is 76.8 cm³/mol. The summed E-state index contributed by atoms with van der Waals surface area (Å²) in [6.45, 7) is 0.328. The second-order valence-corrected chi connectivity index (χ2v) is 4.46. The highest BCUT2D eigenvalue weighted by molar-refractivity contribution is 6.35. The summed E-state index contributed by atoms with van der Waals surface area (Å²) in [5.41, 5.74) is 0.743. The lowest BCUT2D eigenvalue weighted by molar-refractivity contribution is -0.129. The van der Waals surface area contributed by atoms with E-state index in [2.05, 4.69) is 5.16 Å². The van der Waals surface area contributed by atoms with Crippen molar-refractivity contribution in [3.8, 4) is 0 Å². The van der Waals surface area contributed by atoms with Gasteiger partial charge in [0, 0.05) is 18.2 Å². The molecule has 0 bridgehead atoms. The van der Waals surface area contributed by atoms with Gasteiger partial charge in [-0.05, 0) is 11.6 Å². The minimum Gasteiger partial charge on any atom is -0.477 e. The fourth-order valence-corrected chi connectivity index (χ4v) is 1.99. The highest BCUT2D eigenvalue weighted by Crippen LogP contribution is 2.06. The Morgan fingerprint density at radius 2 is 1.81 bits per heavy atom. The minimum atomic E-state index is -1.32. The number of oxime groups is 1. The van der Waals surface area contributed by atoms with Crippen molar-refractivity contribution in [3.63, 3.8) is 0 Å². The average Bonchev–Trinajstić information content (AvgIpc) is 2.48. The van der Waals surface area contributed by atoms with Crippen LogP contribution in [-0.2, 0) is 17.8 Å². The summed E-state index contributed by atoms with van der Waals surface area (Å²) >= 11 is 0. The van der Waals surface area contributed by atoms with Crippen molar-refractivity contribution in [2.45, 2.75) is 13.0 Å². The standard InChI is InChI=1S/C15H14N2O4/c18-14-8-4-7-12(9-13(16-21)15(19)20)17(14)10-11-5-2-1-3-6-11/h1-8,21H,9-10H2,(H,19,20). The van der Waals surface area contributed by atoms with E-state index < -0.39 is 11.7 Å². The third kappa shape index (κ3) is 3.56. The number of nitrogens with zero attached hydrogens (tertiary/aromatic N) is 2. The largest absolute Gasteiger partial charge is 0.477 e. The fraction of sp³-hybridized carbons (Fsp3) is 0.133. The monoisotopic (exact) mass is 286 g/mol. The molecule has 0 atom stereocenters. The molecule has 21 heavy (non-hydrogen) atoms. The van der Waals surface area contributed by atoms with Gasteiger partial charge in [0.2, 0.25) is 0 Å². The molecule has 108 valence electrons. The molecule has 1 aromatic heterocycles. The van der Waals surface area contributed by atoms with E-state index >= 15 is 0 Å². The zero-order chi connectivity index (χ0) is 15.2. The number of rotatable bonds is 5. The number of carboxylic acids is 1. The topological polar surface area (TPSA) is 91.9 Å². The number of hydrogen-bond acceptors (Lipinski definition) is 4. The molecule has 1 aromatic carbocycles. The van der Waals surface area contributed by atoms with Crippen molar-refractivity contribution < 1.29 is 15.1 Å². The van der Waals surface area contributed by atoms with Crippen molar-refractivity contribution in [2.75, 3.05) is 0 Å². The molecule has 0 unspecified atom stereocenters. The van der Waals surface area contributed by atoms with E-state index in [1.165, 1.54) is 10.6 Å². The molecule has 0 saturated carbocycles. The first-order chi connectivity index (χ1) is 10.1. The smallest absolute Gasteiger partial charge is 0.354 e. The molecule has 0 aliphatic heterocycles. The second kappa shape index (κ2) is 6.51. The Balaban J connectivity index is 2.37. The number of carbonyl (C=O) groups is 1. The third-order valence-corrected chi connectivity index (χ3v) is 3.04. The van der Waals surface area contributed by atoms with E-state index in [9.17, 15) is 9.59 Å². The highest BCUT2D eigenvalue weighted by Gasteiger charge is 2.14. The summed E-state index contributed by atoms with van der Waals surface area (Å²) < 4.78 is 1.46. The highest BCUT2D eigenvalue weighted by atomic mass is 16.4. The second-order valence-electron chi connectivity index (χ2n) is 4.46. The summed E-state index contributed by atoms with van der Waals surface area (Å²) in [7, 11) is 0. The van der Waals surface area contributed by atoms with Crippen LogP contribution in [0.15, 0.2) is 58.5 Å². The molecule has 2 N–H and O–H groups in total. The van der Waals surface area contributed by atoms with Gasteiger partial charge in [-0.1, -0.05) is 41.6 Å². The van der Waals surface area contributed by atoms with Crippen molar-refractivity contribution >= 4 is 11.7 Å². The minimum absolute atomic E-state index is 0.130. The quantitative estimate of drug-likeness (QED) is 0.493. The molecule has 0 aliphatic rings. The predicted octanol–water partition coefficient (Wildman–Crippen LogP) is 1.35. The number of benzene rings is 1. The normalized spacial score (nSPS) is 11.3. The lowest BCUT2D eigenvalue weighted by Crippen LogP contribution is -2.26. The van der Waals surface area contributed by atoms with Gasteiger partial charge >= 0.3 is 5.97 Å². The van der Waals surface area contributed by atoms with Gasteiger partial charge in [-0.2, -0.15) is 0 Å². The van der Waals surface area contributed by atoms with Crippen LogP contribution in [0, 0.1) is 0 Å². The van der Waals surface area contributed by atoms with Gasteiger partial charge in [0.1, 0.15) is 0 Å². The Hall–Kier alpha value is -2.89. The fourth-order valence-electron chi connectivity index (χ4n) is 1.99. The maximum Gasteiger partial charge on any atom is 0.354 e. The molecule has 2 aromatic rings. The van der Waals surface area contributed by atoms with Crippen LogP contribution in [0.5, 0.6) is 0 Å². The molecule has 6 heteroatoms. The van der Waals surface area contributed by atoms with E-state index in [1.54, 1.807) is 12.1 Å². The lowest BCUT2D eigenvalue weighted by Gasteiger charge is -2.12. The molecule has 0 amide bonds. The molecule has 6 nitrogen and oxygen atoms in total. The molecule has 0 fully saturated rings. The van der Waals surface area contributed by atoms with Crippen LogP contribution in [0.1, 0.15) is 11.3 Å². The maximum atomic E-state index is 12.0. The van der Waals surface area contributed by atoms with Crippen molar-refractivity contribution in [2.24, 2.45) is 5.16 Å². The molecule has 0 radical (unpaired) electrons. The van der Waals surface area contributed by atoms with E-state index in [1.807, 2.05) is 30.3 Å².